The molecule has 3 heteroatoms. The van der Waals surface area contributed by atoms with Crippen LogP contribution in [-0.2, 0) is 17.6 Å². The van der Waals surface area contributed by atoms with Crippen molar-refractivity contribution in [2.75, 3.05) is 7.11 Å². The number of carbonyl (C=O) groups is 1. The van der Waals surface area contributed by atoms with Crippen LogP contribution in [0, 0.1) is 35.4 Å². The average Bonchev–Trinajstić information content (AvgIpc) is 2.76. The molecule has 0 aliphatic heterocycles. The lowest BCUT2D eigenvalue weighted by Crippen LogP contribution is -2.35. The van der Waals surface area contributed by atoms with E-state index in [0.717, 1.165) is 54.1 Å². The second kappa shape index (κ2) is 9.18. The normalized spacial score (nSPS) is 31.6. The van der Waals surface area contributed by atoms with Gasteiger partial charge in [-0.3, -0.25) is 0 Å². The van der Waals surface area contributed by atoms with Crippen LogP contribution in [0.3, 0.4) is 0 Å². The SMILES string of the molecule is CCCCC1CCC2CC(C3CCc4cc(C(=O)OC)cc(F)c4C3)CCC2C1. The number of methoxy groups -OCH3 is 1. The standard InChI is InChI=1S/C26H37FO2/c1-3-4-5-17-6-7-19-13-20(9-8-18(19)12-17)21-10-11-22-14-23(26(28)29-2)16-25(27)24(22)15-21/h14,16-21H,3-13,15H2,1-2H3. The number of esters is 1. The van der Waals surface area contributed by atoms with Gasteiger partial charge >= 0.3 is 5.97 Å². The molecule has 0 N–H and O–H groups in total. The third-order valence-electron chi connectivity index (χ3n) is 8.35. The first-order valence-corrected chi connectivity index (χ1v) is 12.0. The molecule has 4 rings (SSSR count). The Labute approximate surface area is 175 Å². The number of fused-ring (bicyclic) bond motifs is 2. The van der Waals surface area contributed by atoms with Crippen molar-refractivity contribution in [2.24, 2.45) is 29.6 Å². The Balaban J connectivity index is 1.38. The molecule has 2 saturated carbocycles. The van der Waals surface area contributed by atoms with Crippen LogP contribution in [0.4, 0.5) is 4.39 Å². The maximum absolute atomic E-state index is 14.8. The third kappa shape index (κ3) is 4.54. The number of halogens is 1. The number of carbonyl (C=O) groups excluding carboxylic acids is 1. The molecule has 0 aromatic heterocycles. The van der Waals surface area contributed by atoms with Gasteiger partial charge in [0.2, 0.25) is 0 Å². The fraction of sp³-hybridized carbons (Fsp3) is 0.731. The predicted octanol–water partition coefficient (Wildman–Crippen LogP) is 6.74. The van der Waals surface area contributed by atoms with Gasteiger partial charge in [-0.05, 0) is 104 Å². The minimum Gasteiger partial charge on any atom is -0.465 e. The van der Waals surface area contributed by atoms with E-state index in [2.05, 4.69) is 6.92 Å². The Morgan fingerprint density at radius 1 is 1.03 bits per heavy atom. The van der Waals surface area contributed by atoms with Crippen molar-refractivity contribution in [1.82, 2.24) is 0 Å². The zero-order valence-electron chi connectivity index (χ0n) is 18.2. The summed E-state index contributed by atoms with van der Waals surface area (Å²) in [4.78, 5) is 11.8. The summed E-state index contributed by atoms with van der Waals surface area (Å²) in [7, 11) is 1.35. The van der Waals surface area contributed by atoms with Gasteiger partial charge in [0.1, 0.15) is 5.82 Å². The van der Waals surface area contributed by atoms with Gasteiger partial charge < -0.3 is 4.74 Å². The minimum atomic E-state index is -0.443. The second-order valence-corrected chi connectivity index (χ2v) is 10.0. The molecule has 3 aliphatic carbocycles. The molecule has 160 valence electrons. The Morgan fingerprint density at radius 2 is 1.76 bits per heavy atom. The number of rotatable bonds is 5. The number of aryl methyl sites for hydroxylation is 1. The Hall–Kier alpha value is -1.38. The fourth-order valence-corrected chi connectivity index (χ4v) is 6.69. The molecule has 0 amide bonds. The lowest BCUT2D eigenvalue weighted by atomic mass is 9.60. The summed E-state index contributed by atoms with van der Waals surface area (Å²) in [6.07, 6.45) is 15.5. The highest BCUT2D eigenvalue weighted by Crippen LogP contribution is 2.49. The van der Waals surface area contributed by atoms with Crippen LogP contribution >= 0.6 is 0 Å². The molecule has 0 bridgehead atoms. The molecule has 1 aromatic rings. The number of ether oxygens (including phenoxy) is 1. The van der Waals surface area contributed by atoms with Crippen LogP contribution in [0.5, 0.6) is 0 Å². The lowest BCUT2D eigenvalue weighted by Gasteiger charge is -2.45. The van der Waals surface area contributed by atoms with E-state index in [0.29, 0.717) is 11.5 Å². The summed E-state index contributed by atoms with van der Waals surface area (Å²) in [6, 6.07) is 3.23. The third-order valence-corrected chi connectivity index (χ3v) is 8.35. The van der Waals surface area contributed by atoms with Crippen molar-refractivity contribution < 1.29 is 13.9 Å². The molecular formula is C26H37FO2. The van der Waals surface area contributed by atoms with E-state index in [1.807, 2.05) is 6.07 Å². The van der Waals surface area contributed by atoms with Gasteiger partial charge in [0, 0.05) is 0 Å². The fourth-order valence-electron chi connectivity index (χ4n) is 6.69. The summed E-state index contributed by atoms with van der Waals surface area (Å²) in [5.41, 5.74) is 2.23. The van der Waals surface area contributed by atoms with E-state index in [1.54, 1.807) is 0 Å². The van der Waals surface area contributed by atoms with E-state index >= 15 is 0 Å². The first-order valence-electron chi connectivity index (χ1n) is 12.0. The molecule has 0 spiro atoms. The topological polar surface area (TPSA) is 26.3 Å². The van der Waals surface area contributed by atoms with Crippen LogP contribution in [0.25, 0.3) is 0 Å². The van der Waals surface area contributed by atoms with E-state index in [4.69, 9.17) is 4.74 Å². The van der Waals surface area contributed by atoms with Crippen molar-refractivity contribution >= 4 is 5.97 Å². The molecular weight excluding hydrogens is 363 g/mol. The highest BCUT2D eigenvalue weighted by molar-refractivity contribution is 5.89. The summed E-state index contributed by atoms with van der Waals surface area (Å²) in [6.45, 7) is 2.30. The van der Waals surface area contributed by atoms with Gasteiger partial charge in [0.25, 0.3) is 0 Å². The van der Waals surface area contributed by atoms with Gasteiger partial charge in [-0.25, -0.2) is 9.18 Å². The highest BCUT2D eigenvalue weighted by atomic mass is 19.1. The predicted molar refractivity (Wildman–Crippen MR) is 114 cm³/mol. The monoisotopic (exact) mass is 400 g/mol. The van der Waals surface area contributed by atoms with Crippen molar-refractivity contribution in [3.8, 4) is 0 Å². The van der Waals surface area contributed by atoms with Gasteiger partial charge in [0.05, 0.1) is 12.7 Å². The van der Waals surface area contributed by atoms with E-state index in [-0.39, 0.29) is 5.82 Å². The molecule has 0 saturated heterocycles. The molecule has 3 aliphatic rings. The molecule has 29 heavy (non-hydrogen) atoms. The molecule has 5 atom stereocenters. The van der Waals surface area contributed by atoms with Crippen LogP contribution in [-0.4, -0.2) is 13.1 Å². The molecule has 2 nitrogen and oxygen atoms in total. The lowest BCUT2D eigenvalue weighted by molar-refractivity contribution is 0.0599. The number of unbranched alkanes of at least 4 members (excludes halogenated alkanes) is 1. The van der Waals surface area contributed by atoms with Crippen LogP contribution in [0.1, 0.15) is 92.6 Å². The summed E-state index contributed by atoms with van der Waals surface area (Å²) in [5.74, 6) is 3.57. The zero-order valence-corrected chi connectivity index (χ0v) is 18.2. The zero-order chi connectivity index (χ0) is 20.4. The molecule has 0 radical (unpaired) electrons. The Bertz CT molecular complexity index is 728. The quantitative estimate of drug-likeness (QED) is 0.512. The molecule has 5 unspecified atom stereocenters. The number of hydrogen-bond donors (Lipinski definition) is 0. The number of hydrogen-bond acceptors (Lipinski definition) is 2. The maximum atomic E-state index is 14.8. The van der Waals surface area contributed by atoms with Crippen LogP contribution in [0.15, 0.2) is 12.1 Å². The van der Waals surface area contributed by atoms with Gasteiger partial charge in [-0.15, -0.1) is 0 Å². The van der Waals surface area contributed by atoms with Crippen LogP contribution < -0.4 is 0 Å². The smallest absolute Gasteiger partial charge is 0.337 e. The number of benzene rings is 1. The Kier molecular flexibility index (Phi) is 6.61. The van der Waals surface area contributed by atoms with Crippen molar-refractivity contribution in [3.63, 3.8) is 0 Å². The first kappa shape index (κ1) is 20.9. The van der Waals surface area contributed by atoms with Crippen molar-refractivity contribution in [3.05, 3.63) is 34.6 Å². The first-order chi connectivity index (χ1) is 14.1. The van der Waals surface area contributed by atoms with E-state index < -0.39 is 5.97 Å². The Morgan fingerprint density at radius 3 is 2.52 bits per heavy atom. The van der Waals surface area contributed by atoms with E-state index in [9.17, 15) is 9.18 Å². The van der Waals surface area contributed by atoms with Gasteiger partial charge in [0.15, 0.2) is 0 Å². The molecule has 0 heterocycles. The summed E-state index contributed by atoms with van der Waals surface area (Å²) >= 11 is 0. The van der Waals surface area contributed by atoms with Gasteiger partial charge in [-0.1, -0.05) is 32.6 Å². The molecule has 1 aromatic carbocycles. The van der Waals surface area contributed by atoms with Crippen molar-refractivity contribution in [1.29, 1.82) is 0 Å². The summed E-state index contributed by atoms with van der Waals surface area (Å²) in [5, 5.41) is 0. The molecule has 2 fully saturated rings. The van der Waals surface area contributed by atoms with Gasteiger partial charge in [-0.2, -0.15) is 0 Å². The summed E-state index contributed by atoms with van der Waals surface area (Å²) < 4.78 is 19.5. The second-order valence-electron chi connectivity index (χ2n) is 10.0. The minimum absolute atomic E-state index is 0.210. The highest BCUT2D eigenvalue weighted by Gasteiger charge is 2.38. The van der Waals surface area contributed by atoms with Crippen molar-refractivity contribution in [2.45, 2.75) is 84.0 Å². The van der Waals surface area contributed by atoms with E-state index in [1.165, 1.54) is 71.0 Å². The largest absolute Gasteiger partial charge is 0.465 e. The van der Waals surface area contributed by atoms with Crippen LogP contribution in [0.2, 0.25) is 0 Å². The maximum Gasteiger partial charge on any atom is 0.337 e. The average molecular weight is 401 g/mol.